The molecule has 2 aromatic heterocycles. The molecule has 0 aromatic carbocycles. The van der Waals surface area contributed by atoms with Gasteiger partial charge in [0.15, 0.2) is 5.82 Å². The summed E-state index contributed by atoms with van der Waals surface area (Å²) in [6, 6.07) is 2.05. The topological polar surface area (TPSA) is 66.7 Å². The molecule has 0 atom stereocenters. The molecule has 0 aliphatic rings. The van der Waals surface area contributed by atoms with Gasteiger partial charge in [0.05, 0.1) is 0 Å². The van der Waals surface area contributed by atoms with Crippen molar-refractivity contribution in [2.75, 3.05) is 6.54 Å². The van der Waals surface area contributed by atoms with E-state index >= 15 is 0 Å². The van der Waals surface area contributed by atoms with Crippen molar-refractivity contribution >= 4 is 0 Å². The number of aromatic nitrogens is 3. The van der Waals surface area contributed by atoms with Crippen molar-refractivity contribution in [3.05, 3.63) is 35.7 Å². The van der Waals surface area contributed by atoms with E-state index in [1.54, 1.807) is 6.92 Å². The Kier molecular flexibility index (Phi) is 3.14. The molecule has 0 aliphatic heterocycles. The molecule has 0 saturated carbocycles. The van der Waals surface area contributed by atoms with E-state index in [2.05, 4.69) is 20.4 Å². The fourth-order valence-electron chi connectivity index (χ4n) is 1.34. The molecule has 5 heteroatoms. The molecular weight excluding hydrogens is 192 g/mol. The summed E-state index contributed by atoms with van der Waals surface area (Å²) in [5, 5.41) is 7.12. The van der Waals surface area contributed by atoms with Crippen LogP contribution in [0.5, 0.6) is 0 Å². The molecule has 0 aliphatic carbocycles. The molecule has 80 valence electrons. The van der Waals surface area contributed by atoms with Crippen LogP contribution in [0.3, 0.4) is 0 Å². The molecule has 0 spiro atoms. The van der Waals surface area contributed by atoms with Crippen LogP contribution >= 0.6 is 0 Å². The third-order valence-electron chi connectivity index (χ3n) is 2.09. The van der Waals surface area contributed by atoms with Gasteiger partial charge in [-0.15, -0.1) is 0 Å². The lowest BCUT2D eigenvalue weighted by molar-refractivity contribution is 0.387. The number of hydrogen-bond donors (Lipinski definition) is 2. The molecule has 2 rings (SSSR count). The fraction of sp³-hybridized carbons (Fsp3) is 0.400. The summed E-state index contributed by atoms with van der Waals surface area (Å²) >= 11 is 0. The molecular formula is C10H14N4O. The predicted octanol–water partition coefficient (Wildman–Crippen LogP) is 1.04. The Hall–Kier alpha value is -1.62. The summed E-state index contributed by atoms with van der Waals surface area (Å²) in [5.41, 5.74) is 1.25. The molecule has 5 nitrogen and oxygen atoms in total. The van der Waals surface area contributed by atoms with Crippen LogP contribution in [0, 0.1) is 6.92 Å². The van der Waals surface area contributed by atoms with E-state index in [-0.39, 0.29) is 0 Å². The quantitative estimate of drug-likeness (QED) is 0.717. The smallest absolute Gasteiger partial charge is 0.223 e. The first-order chi connectivity index (χ1) is 7.34. The van der Waals surface area contributed by atoms with Crippen molar-refractivity contribution in [2.45, 2.75) is 19.9 Å². The Morgan fingerprint density at radius 3 is 3.13 bits per heavy atom. The SMILES string of the molecule is Cc1nc(CCNCc2cc[nH]c2)no1. The van der Waals surface area contributed by atoms with Gasteiger partial charge >= 0.3 is 0 Å². The van der Waals surface area contributed by atoms with Gasteiger partial charge in [-0.2, -0.15) is 4.98 Å². The average molecular weight is 206 g/mol. The maximum absolute atomic E-state index is 4.87. The number of hydrogen-bond acceptors (Lipinski definition) is 4. The first-order valence-corrected chi connectivity index (χ1v) is 4.96. The summed E-state index contributed by atoms with van der Waals surface area (Å²) in [6.07, 6.45) is 4.69. The lowest BCUT2D eigenvalue weighted by Crippen LogP contribution is -2.16. The van der Waals surface area contributed by atoms with E-state index in [0.29, 0.717) is 5.89 Å². The Morgan fingerprint density at radius 2 is 2.47 bits per heavy atom. The van der Waals surface area contributed by atoms with Crippen molar-refractivity contribution in [1.29, 1.82) is 0 Å². The lowest BCUT2D eigenvalue weighted by Gasteiger charge is -1.99. The molecule has 0 radical (unpaired) electrons. The summed E-state index contributed by atoms with van der Waals surface area (Å²) in [7, 11) is 0. The molecule has 0 amide bonds. The number of aryl methyl sites for hydroxylation is 1. The van der Waals surface area contributed by atoms with Crippen LogP contribution in [0.2, 0.25) is 0 Å². The van der Waals surface area contributed by atoms with E-state index < -0.39 is 0 Å². The van der Waals surface area contributed by atoms with Gasteiger partial charge in [-0.05, 0) is 11.6 Å². The van der Waals surface area contributed by atoms with Crippen LogP contribution < -0.4 is 5.32 Å². The van der Waals surface area contributed by atoms with E-state index in [0.717, 1.165) is 25.3 Å². The van der Waals surface area contributed by atoms with Crippen LogP contribution in [0.15, 0.2) is 23.0 Å². The largest absolute Gasteiger partial charge is 0.367 e. The molecule has 0 bridgehead atoms. The van der Waals surface area contributed by atoms with Gasteiger partial charge in [0, 0.05) is 38.8 Å². The highest BCUT2D eigenvalue weighted by Gasteiger charge is 2.00. The van der Waals surface area contributed by atoms with Gasteiger partial charge in [0.25, 0.3) is 0 Å². The van der Waals surface area contributed by atoms with E-state index in [1.807, 2.05) is 18.5 Å². The number of aromatic amines is 1. The monoisotopic (exact) mass is 206 g/mol. The molecule has 2 N–H and O–H groups in total. The molecule has 2 heterocycles. The first-order valence-electron chi connectivity index (χ1n) is 4.96. The number of H-pyrrole nitrogens is 1. The van der Waals surface area contributed by atoms with Crippen LogP contribution in [0.4, 0.5) is 0 Å². The van der Waals surface area contributed by atoms with E-state index in [9.17, 15) is 0 Å². The van der Waals surface area contributed by atoms with Crippen LogP contribution in [0.1, 0.15) is 17.3 Å². The standard InChI is InChI=1S/C10H14N4O/c1-8-13-10(14-15-8)3-5-12-7-9-2-4-11-6-9/h2,4,6,11-12H,3,5,7H2,1H3. The number of nitrogens with zero attached hydrogens (tertiary/aromatic N) is 2. The molecule has 2 aromatic rings. The van der Waals surface area contributed by atoms with Crippen molar-refractivity contribution < 1.29 is 4.52 Å². The van der Waals surface area contributed by atoms with Gasteiger partial charge in [-0.1, -0.05) is 5.16 Å². The zero-order chi connectivity index (χ0) is 10.5. The Morgan fingerprint density at radius 1 is 1.53 bits per heavy atom. The Bertz CT molecular complexity index is 393. The summed E-state index contributed by atoms with van der Waals surface area (Å²) in [5.74, 6) is 1.38. The highest BCUT2D eigenvalue weighted by molar-refractivity contribution is 5.07. The third kappa shape index (κ3) is 2.92. The zero-order valence-corrected chi connectivity index (χ0v) is 8.66. The number of nitrogens with one attached hydrogen (secondary N) is 2. The van der Waals surface area contributed by atoms with Crippen LogP contribution in [-0.4, -0.2) is 21.7 Å². The van der Waals surface area contributed by atoms with Crippen molar-refractivity contribution in [3.63, 3.8) is 0 Å². The van der Waals surface area contributed by atoms with Gasteiger partial charge in [0.2, 0.25) is 5.89 Å². The minimum absolute atomic E-state index is 0.621. The highest BCUT2D eigenvalue weighted by Crippen LogP contribution is 1.97. The van der Waals surface area contributed by atoms with E-state index in [1.165, 1.54) is 5.56 Å². The van der Waals surface area contributed by atoms with Crippen LogP contribution in [0.25, 0.3) is 0 Å². The van der Waals surface area contributed by atoms with E-state index in [4.69, 9.17) is 4.52 Å². The maximum Gasteiger partial charge on any atom is 0.223 e. The lowest BCUT2D eigenvalue weighted by atomic mass is 10.3. The highest BCUT2D eigenvalue weighted by atomic mass is 16.5. The third-order valence-corrected chi connectivity index (χ3v) is 2.09. The molecule has 0 fully saturated rings. The van der Waals surface area contributed by atoms with Crippen molar-refractivity contribution in [1.82, 2.24) is 20.4 Å². The molecule has 0 unspecified atom stereocenters. The predicted molar refractivity (Wildman–Crippen MR) is 55.2 cm³/mol. The fourth-order valence-corrected chi connectivity index (χ4v) is 1.34. The maximum atomic E-state index is 4.87. The first kappa shape index (κ1) is 9.92. The van der Waals surface area contributed by atoms with Gasteiger partial charge in [-0.25, -0.2) is 0 Å². The second-order valence-corrected chi connectivity index (χ2v) is 3.38. The number of rotatable bonds is 5. The average Bonchev–Trinajstić information content (AvgIpc) is 2.84. The second kappa shape index (κ2) is 4.75. The normalized spacial score (nSPS) is 10.7. The summed E-state index contributed by atoms with van der Waals surface area (Å²) in [4.78, 5) is 7.13. The van der Waals surface area contributed by atoms with Crippen molar-refractivity contribution in [2.24, 2.45) is 0 Å². The zero-order valence-electron chi connectivity index (χ0n) is 8.66. The summed E-state index contributed by atoms with van der Waals surface area (Å²) < 4.78 is 4.87. The van der Waals surface area contributed by atoms with Gasteiger partial charge in [0.1, 0.15) is 0 Å². The molecule has 0 saturated heterocycles. The van der Waals surface area contributed by atoms with Crippen LogP contribution in [-0.2, 0) is 13.0 Å². The minimum Gasteiger partial charge on any atom is -0.367 e. The second-order valence-electron chi connectivity index (χ2n) is 3.38. The Labute approximate surface area is 87.9 Å². The Balaban J connectivity index is 1.67. The van der Waals surface area contributed by atoms with Gasteiger partial charge in [-0.3, -0.25) is 0 Å². The molecule has 15 heavy (non-hydrogen) atoms. The minimum atomic E-state index is 0.621. The van der Waals surface area contributed by atoms with Gasteiger partial charge < -0.3 is 14.8 Å². The van der Waals surface area contributed by atoms with Crippen molar-refractivity contribution in [3.8, 4) is 0 Å². The summed E-state index contributed by atoms with van der Waals surface area (Å²) in [6.45, 7) is 3.51.